The van der Waals surface area contributed by atoms with E-state index in [2.05, 4.69) is 0 Å². The summed E-state index contributed by atoms with van der Waals surface area (Å²) < 4.78 is 18.0. The number of halogens is 2. The highest BCUT2D eigenvalue weighted by Crippen LogP contribution is 2.25. The van der Waals surface area contributed by atoms with Crippen molar-refractivity contribution in [2.45, 2.75) is 6.92 Å². The highest BCUT2D eigenvalue weighted by Gasteiger charge is 2.13. The van der Waals surface area contributed by atoms with Gasteiger partial charge >= 0.3 is 0 Å². The standard InChI is InChI=1S/C9H8ClFO2/c1-5(12)7-3-6(10)4-8(13-2)9(7)11/h3-4H,1-2H3. The molecule has 2 nitrogen and oxygen atoms in total. The van der Waals surface area contributed by atoms with E-state index in [1.165, 1.54) is 26.2 Å². The number of Topliss-reactive ketones (excluding diaryl/α,β-unsaturated/α-hetero) is 1. The molecule has 4 heteroatoms. The summed E-state index contributed by atoms with van der Waals surface area (Å²) in [5.74, 6) is -1.06. The summed E-state index contributed by atoms with van der Waals surface area (Å²) in [5.41, 5.74) is -0.0515. The van der Waals surface area contributed by atoms with Gasteiger partial charge in [0.15, 0.2) is 17.3 Å². The van der Waals surface area contributed by atoms with Crippen molar-refractivity contribution >= 4 is 17.4 Å². The van der Waals surface area contributed by atoms with Crippen LogP contribution >= 0.6 is 11.6 Å². The first-order valence-electron chi connectivity index (χ1n) is 3.60. The predicted molar refractivity (Wildman–Crippen MR) is 48.0 cm³/mol. The van der Waals surface area contributed by atoms with E-state index in [0.717, 1.165) is 0 Å². The Morgan fingerprint density at radius 1 is 1.54 bits per heavy atom. The Kier molecular flexibility index (Phi) is 2.88. The summed E-state index contributed by atoms with van der Waals surface area (Å²) in [6, 6.07) is 2.60. The first-order valence-corrected chi connectivity index (χ1v) is 3.98. The topological polar surface area (TPSA) is 26.3 Å². The van der Waals surface area contributed by atoms with Crippen LogP contribution in [0.5, 0.6) is 5.75 Å². The van der Waals surface area contributed by atoms with Gasteiger partial charge < -0.3 is 4.74 Å². The summed E-state index contributed by atoms with van der Waals surface area (Å²) in [4.78, 5) is 10.9. The van der Waals surface area contributed by atoms with Gasteiger partial charge in [-0.25, -0.2) is 4.39 Å². The molecule has 1 aromatic carbocycles. The smallest absolute Gasteiger partial charge is 0.175 e. The number of carbonyl (C=O) groups excluding carboxylic acids is 1. The third-order valence-corrected chi connectivity index (χ3v) is 1.82. The number of hydrogen-bond acceptors (Lipinski definition) is 2. The number of carbonyl (C=O) groups is 1. The second kappa shape index (κ2) is 3.75. The summed E-state index contributed by atoms with van der Waals surface area (Å²) in [6.07, 6.45) is 0. The molecule has 0 heterocycles. The molecule has 0 saturated heterocycles. The van der Waals surface area contributed by atoms with Crippen molar-refractivity contribution in [3.05, 3.63) is 28.5 Å². The fourth-order valence-electron chi connectivity index (χ4n) is 0.969. The lowest BCUT2D eigenvalue weighted by Crippen LogP contribution is -1.99. The highest BCUT2D eigenvalue weighted by molar-refractivity contribution is 6.31. The molecule has 0 N–H and O–H groups in total. The lowest BCUT2D eigenvalue weighted by molar-refractivity contribution is 0.101. The minimum absolute atomic E-state index is 0.0160. The molecule has 0 amide bonds. The van der Waals surface area contributed by atoms with Crippen molar-refractivity contribution in [1.82, 2.24) is 0 Å². The Morgan fingerprint density at radius 3 is 2.62 bits per heavy atom. The predicted octanol–water partition coefficient (Wildman–Crippen LogP) is 2.69. The van der Waals surface area contributed by atoms with Crippen molar-refractivity contribution in [2.24, 2.45) is 0 Å². The van der Waals surface area contributed by atoms with Crippen LogP contribution in [-0.4, -0.2) is 12.9 Å². The van der Waals surface area contributed by atoms with Crippen molar-refractivity contribution in [1.29, 1.82) is 0 Å². The van der Waals surface area contributed by atoms with Gasteiger partial charge in [0, 0.05) is 11.1 Å². The molecule has 0 aliphatic rings. The quantitative estimate of drug-likeness (QED) is 0.690. The molecule has 0 bridgehead atoms. The van der Waals surface area contributed by atoms with Gasteiger partial charge in [-0.3, -0.25) is 4.79 Å². The fourth-order valence-corrected chi connectivity index (χ4v) is 1.18. The number of rotatable bonds is 2. The van der Waals surface area contributed by atoms with Crippen LogP contribution in [0, 0.1) is 5.82 Å². The van der Waals surface area contributed by atoms with Crippen LogP contribution in [0.15, 0.2) is 12.1 Å². The van der Waals surface area contributed by atoms with Crippen LogP contribution in [-0.2, 0) is 0 Å². The van der Waals surface area contributed by atoms with E-state index in [4.69, 9.17) is 16.3 Å². The Bertz CT molecular complexity index is 350. The van der Waals surface area contributed by atoms with Crippen molar-refractivity contribution in [3.63, 3.8) is 0 Å². The zero-order chi connectivity index (χ0) is 10.0. The molecule has 0 saturated carbocycles. The summed E-state index contributed by atoms with van der Waals surface area (Å²) in [6.45, 7) is 1.27. The Balaban J connectivity index is 3.35. The molecule has 0 spiro atoms. The number of ketones is 1. The second-order valence-electron chi connectivity index (χ2n) is 2.53. The zero-order valence-electron chi connectivity index (χ0n) is 7.23. The lowest BCUT2D eigenvalue weighted by atomic mass is 10.1. The van der Waals surface area contributed by atoms with Crippen LogP contribution in [0.3, 0.4) is 0 Å². The highest BCUT2D eigenvalue weighted by atomic mass is 35.5. The van der Waals surface area contributed by atoms with E-state index in [9.17, 15) is 9.18 Å². The molecule has 0 unspecified atom stereocenters. The van der Waals surface area contributed by atoms with Crippen LogP contribution in [0.2, 0.25) is 5.02 Å². The molecule has 0 aliphatic carbocycles. The number of hydrogen-bond donors (Lipinski definition) is 0. The lowest BCUT2D eigenvalue weighted by Gasteiger charge is -2.05. The van der Waals surface area contributed by atoms with Crippen molar-refractivity contribution < 1.29 is 13.9 Å². The maximum absolute atomic E-state index is 13.3. The van der Waals surface area contributed by atoms with Gasteiger partial charge in [-0.15, -0.1) is 0 Å². The molecule has 13 heavy (non-hydrogen) atoms. The molecule has 0 aliphatic heterocycles. The van der Waals surface area contributed by atoms with E-state index < -0.39 is 5.82 Å². The van der Waals surface area contributed by atoms with Gasteiger partial charge in [0.1, 0.15) is 0 Å². The Labute approximate surface area is 80.3 Å². The van der Waals surface area contributed by atoms with E-state index in [-0.39, 0.29) is 22.1 Å². The maximum atomic E-state index is 13.3. The van der Waals surface area contributed by atoms with E-state index >= 15 is 0 Å². The van der Waals surface area contributed by atoms with Gasteiger partial charge in [0.05, 0.1) is 12.7 Å². The normalized spacial score (nSPS) is 9.85. The molecule has 1 aromatic rings. The number of ether oxygens (including phenoxy) is 1. The Morgan fingerprint density at radius 2 is 2.15 bits per heavy atom. The largest absolute Gasteiger partial charge is 0.494 e. The molecule has 0 atom stereocenters. The van der Waals surface area contributed by atoms with E-state index in [1.807, 2.05) is 0 Å². The van der Waals surface area contributed by atoms with E-state index in [1.54, 1.807) is 0 Å². The first kappa shape index (κ1) is 9.99. The average molecular weight is 203 g/mol. The van der Waals surface area contributed by atoms with Gasteiger partial charge in [0.2, 0.25) is 0 Å². The zero-order valence-corrected chi connectivity index (χ0v) is 7.98. The molecule has 0 radical (unpaired) electrons. The first-order chi connectivity index (χ1) is 6.06. The van der Waals surface area contributed by atoms with Crippen LogP contribution < -0.4 is 4.74 Å². The molecule has 0 fully saturated rings. The molecule has 0 aromatic heterocycles. The fraction of sp³-hybridized carbons (Fsp3) is 0.222. The summed E-state index contributed by atoms with van der Waals surface area (Å²) in [5, 5.41) is 0.281. The maximum Gasteiger partial charge on any atom is 0.175 e. The average Bonchev–Trinajstić information content (AvgIpc) is 2.08. The van der Waals surface area contributed by atoms with Crippen LogP contribution in [0.25, 0.3) is 0 Å². The number of methoxy groups -OCH3 is 1. The Hall–Kier alpha value is -1.09. The minimum Gasteiger partial charge on any atom is -0.494 e. The van der Waals surface area contributed by atoms with Crippen molar-refractivity contribution in [3.8, 4) is 5.75 Å². The molecule has 70 valence electrons. The summed E-state index contributed by atoms with van der Waals surface area (Å²) in [7, 11) is 1.32. The van der Waals surface area contributed by atoms with Crippen LogP contribution in [0.1, 0.15) is 17.3 Å². The van der Waals surface area contributed by atoms with Gasteiger partial charge in [-0.1, -0.05) is 11.6 Å². The number of benzene rings is 1. The van der Waals surface area contributed by atoms with E-state index in [0.29, 0.717) is 0 Å². The third kappa shape index (κ3) is 1.98. The second-order valence-corrected chi connectivity index (χ2v) is 2.96. The van der Waals surface area contributed by atoms with Crippen molar-refractivity contribution in [2.75, 3.05) is 7.11 Å². The molecular weight excluding hydrogens is 195 g/mol. The summed E-state index contributed by atoms with van der Waals surface area (Å²) >= 11 is 5.65. The monoisotopic (exact) mass is 202 g/mol. The SMILES string of the molecule is COc1cc(Cl)cc(C(C)=O)c1F. The minimum atomic E-state index is -0.667. The third-order valence-electron chi connectivity index (χ3n) is 1.60. The van der Waals surface area contributed by atoms with Gasteiger partial charge in [-0.05, 0) is 13.0 Å². The van der Waals surface area contributed by atoms with Crippen LogP contribution in [0.4, 0.5) is 4.39 Å². The van der Waals surface area contributed by atoms with Gasteiger partial charge in [-0.2, -0.15) is 0 Å². The molecule has 1 rings (SSSR count). The molecular formula is C9H8ClFO2. The van der Waals surface area contributed by atoms with Gasteiger partial charge in [0.25, 0.3) is 0 Å².